The summed E-state index contributed by atoms with van der Waals surface area (Å²) in [5.74, 6) is 3.28. The van der Waals surface area contributed by atoms with Crippen LogP contribution in [0.15, 0.2) is 47.5 Å². The molecule has 2 aromatic carbocycles. The molecule has 1 atom stereocenters. The smallest absolute Gasteiger partial charge is 0.191 e. The number of nitrogens with one attached hydrogen (secondary N) is 2. The van der Waals surface area contributed by atoms with Gasteiger partial charge in [-0.15, -0.1) is 0 Å². The van der Waals surface area contributed by atoms with Crippen molar-refractivity contribution in [3.05, 3.63) is 48.0 Å². The van der Waals surface area contributed by atoms with E-state index in [-0.39, 0.29) is 0 Å². The normalized spacial score (nSPS) is 16.3. The van der Waals surface area contributed by atoms with Crippen molar-refractivity contribution < 1.29 is 14.2 Å². The Morgan fingerprint density at radius 1 is 1.03 bits per heavy atom. The lowest BCUT2D eigenvalue weighted by Crippen LogP contribution is -2.44. The second kappa shape index (κ2) is 10.6. The molecule has 0 radical (unpaired) electrons. The minimum atomic E-state index is 0.310. The second-order valence-corrected chi connectivity index (χ2v) is 7.19. The first-order chi connectivity index (χ1) is 14.6. The monoisotopic (exact) mass is 412 g/mol. The Morgan fingerprint density at radius 2 is 1.77 bits per heavy atom. The fourth-order valence-electron chi connectivity index (χ4n) is 3.54. The third-order valence-corrected chi connectivity index (χ3v) is 5.13. The van der Waals surface area contributed by atoms with Crippen LogP contribution in [0.25, 0.3) is 0 Å². The number of guanidine groups is 1. The third-order valence-electron chi connectivity index (χ3n) is 5.13. The van der Waals surface area contributed by atoms with Gasteiger partial charge < -0.3 is 29.7 Å². The van der Waals surface area contributed by atoms with Gasteiger partial charge in [-0.05, 0) is 31.0 Å². The highest BCUT2D eigenvalue weighted by Gasteiger charge is 2.24. The van der Waals surface area contributed by atoms with Gasteiger partial charge in [-0.2, -0.15) is 0 Å². The zero-order valence-electron chi connectivity index (χ0n) is 18.3. The molecule has 2 aromatic rings. The van der Waals surface area contributed by atoms with E-state index in [0.29, 0.717) is 12.6 Å². The molecule has 1 unspecified atom stereocenters. The summed E-state index contributed by atoms with van der Waals surface area (Å²) in [6.07, 6.45) is 1.03. The first-order valence-electron chi connectivity index (χ1n) is 10.3. The van der Waals surface area contributed by atoms with Crippen molar-refractivity contribution >= 4 is 11.6 Å². The van der Waals surface area contributed by atoms with Crippen molar-refractivity contribution in [2.75, 3.05) is 45.9 Å². The number of benzene rings is 2. The Morgan fingerprint density at radius 3 is 2.43 bits per heavy atom. The standard InChI is InChI=1S/C23H32N4O3/c1-5-24-23(25-15-17-7-6-8-20(11-17)28-2)26-18-9-10-27(16-18)19-12-21(29-3)14-22(13-19)30-4/h6-8,11-14,18H,5,9-10,15-16H2,1-4H3,(H2,24,25,26). The van der Waals surface area contributed by atoms with Crippen LogP contribution < -0.4 is 29.7 Å². The van der Waals surface area contributed by atoms with Crippen LogP contribution in [0.2, 0.25) is 0 Å². The summed E-state index contributed by atoms with van der Waals surface area (Å²) >= 11 is 0. The van der Waals surface area contributed by atoms with Crippen LogP contribution in [0.1, 0.15) is 18.9 Å². The van der Waals surface area contributed by atoms with Crippen molar-refractivity contribution in [1.29, 1.82) is 0 Å². The number of rotatable bonds is 8. The fraction of sp³-hybridized carbons (Fsp3) is 0.435. The molecular weight excluding hydrogens is 380 g/mol. The molecule has 2 N–H and O–H groups in total. The van der Waals surface area contributed by atoms with E-state index in [0.717, 1.165) is 60.5 Å². The molecule has 0 aromatic heterocycles. The molecule has 7 nitrogen and oxygen atoms in total. The van der Waals surface area contributed by atoms with Crippen molar-refractivity contribution in [2.24, 2.45) is 4.99 Å². The lowest BCUT2D eigenvalue weighted by molar-refractivity contribution is 0.394. The Kier molecular flexibility index (Phi) is 7.65. The molecule has 0 saturated carbocycles. The van der Waals surface area contributed by atoms with Gasteiger partial charge in [-0.25, -0.2) is 4.99 Å². The molecule has 30 heavy (non-hydrogen) atoms. The van der Waals surface area contributed by atoms with E-state index in [1.165, 1.54) is 0 Å². The molecule has 0 spiro atoms. The fourth-order valence-corrected chi connectivity index (χ4v) is 3.54. The van der Waals surface area contributed by atoms with Gasteiger partial charge in [-0.1, -0.05) is 12.1 Å². The highest BCUT2D eigenvalue weighted by molar-refractivity contribution is 5.80. The second-order valence-electron chi connectivity index (χ2n) is 7.19. The van der Waals surface area contributed by atoms with Gasteiger partial charge in [0.15, 0.2) is 5.96 Å². The minimum Gasteiger partial charge on any atom is -0.497 e. The highest BCUT2D eigenvalue weighted by Crippen LogP contribution is 2.30. The number of aliphatic imine (C=N–C) groups is 1. The van der Waals surface area contributed by atoms with Crippen LogP contribution in [0.5, 0.6) is 17.2 Å². The average Bonchev–Trinajstić information content (AvgIpc) is 3.26. The van der Waals surface area contributed by atoms with Crippen LogP contribution in [-0.2, 0) is 6.54 Å². The molecule has 7 heteroatoms. The van der Waals surface area contributed by atoms with E-state index >= 15 is 0 Å². The molecule has 1 fully saturated rings. The van der Waals surface area contributed by atoms with Crippen LogP contribution in [-0.4, -0.2) is 53.0 Å². The van der Waals surface area contributed by atoms with Crippen molar-refractivity contribution in [2.45, 2.75) is 25.9 Å². The Labute approximate surface area is 179 Å². The van der Waals surface area contributed by atoms with E-state index in [1.807, 2.05) is 36.4 Å². The number of ether oxygens (including phenoxy) is 3. The van der Waals surface area contributed by atoms with Crippen LogP contribution in [0, 0.1) is 0 Å². The van der Waals surface area contributed by atoms with E-state index < -0.39 is 0 Å². The summed E-state index contributed by atoms with van der Waals surface area (Å²) in [6.45, 7) is 5.33. The van der Waals surface area contributed by atoms with Crippen molar-refractivity contribution in [3.8, 4) is 17.2 Å². The number of hydrogen-bond acceptors (Lipinski definition) is 5. The van der Waals surface area contributed by atoms with Gasteiger partial charge in [0.25, 0.3) is 0 Å². The van der Waals surface area contributed by atoms with Crippen LogP contribution >= 0.6 is 0 Å². The molecule has 3 rings (SSSR count). The average molecular weight is 413 g/mol. The van der Waals surface area contributed by atoms with Gasteiger partial charge >= 0.3 is 0 Å². The molecule has 0 amide bonds. The summed E-state index contributed by atoms with van der Waals surface area (Å²) in [7, 11) is 5.03. The topological polar surface area (TPSA) is 67.4 Å². The molecule has 1 aliphatic rings. The van der Waals surface area contributed by atoms with Gasteiger partial charge in [0.05, 0.1) is 27.9 Å². The van der Waals surface area contributed by atoms with Crippen LogP contribution in [0.3, 0.4) is 0 Å². The Hall–Kier alpha value is -3.09. The first kappa shape index (κ1) is 21.6. The summed E-state index contributed by atoms with van der Waals surface area (Å²) in [5.41, 5.74) is 2.22. The molecule has 162 valence electrons. The maximum absolute atomic E-state index is 5.41. The maximum Gasteiger partial charge on any atom is 0.191 e. The SMILES string of the molecule is CCNC(=NCc1cccc(OC)c1)NC1CCN(c2cc(OC)cc(OC)c2)C1. The van der Waals surface area contributed by atoms with Crippen molar-refractivity contribution in [1.82, 2.24) is 10.6 Å². The lowest BCUT2D eigenvalue weighted by Gasteiger charge is -2.21. The maximum atomic E-state index is 5.41. The lowest BCUT2D eigenvalue weighted by atomic mass is 10.2. The summed E-state index contributed by atoms with van der Waals surface area (Å²) in [6, 6.07) is 14.3. The van der Waals surface area contributed by atoms with Crippen LogP contribution in [0.4, 0.5) is 5.69 Å². The van der Waals surface area contributed by atoms with E-state index in [4.69, 9.17) is 19.2 Å². The van der Waals surface area contributed by atoms with Gasteiger partial charge in [0, 0.05) is 49.6 Å². The number of nitrogens with zero attached hydrogens (tertiary/aromatic N) is 2. The number of hydrogen-bond donors (Lipinski definition) is 2. The Bertz CT molecular complexity index is 834. The van der Waals surface area contributed by atoms with E-state index in [1.54, 1.807) is 21.3 Å². The summed E-state index contributed by atoms with van der Waals surface area (Å²) < 4.78 is 16.1. The molecular formula is C23H32N4O3. The predicted molar refractivity (Wildman–Crippen MR) is 121 cm³/mol. The minimum absolute atomic E-state index is 0.310. The Balaban J connectivity index is 1.64. The number of anilines is 1. The van der Waals surface area contributed by atoms with Gasteiger partial charge in [0.2, 0.25) is 0 Å². The number of methoxy groups -OCH3 is 3. The highest BCUT2D eigenvalue weighted by atomic mass is 16.5. The first-order valence-corrected chi connectivity index (χ1v) is 10.3. The largest absolute Gasteiger partial charge is 0.497 e. The molecule has 1 aliphatic heterocycles. The molecule has 0 bridgehead atoms. The predicted octanol–water partition coefficient (Wildman–Crippen LogP) is 3.05. The van der Waals surface area contributed by atoms with E-state index in [2.05, 4.69) is 28.5 Å². The molecule has 1 saturated heterocycles. The van der Waals surface area contributed by atoms with Gasteiger partial charge in [-0.3, -0.25) is 0 Å². The van der Waals surface area contributed by atoms with E-state index in [9.17, 15) is 0 Å². The summed E-state index contributed by atoms with van der Waals surface area (Å²) in [4.78, 5) is 7.10. The van der Waals surface area contributed by atoms with Gasteiger partial charge in [0.1, 0.15) is 17.2 Å². The summed E-state index contributed by atoms with van der Waals surface area (Å²) in [5, 5.41) is 6.92. The third kappa shape index (κ3) is 5.72. The zero-order chi connectivity index (χ0) is 21.3. The molecule has 0 aliphatic carbocycles. The van der Waals surface area contributed by atoms with Crippen molar-refractivity contribution in [3.63, 3.8) is 0 Å². The zero-order valence-corrected chi connectivity index (χ0v) is 18.3. The quantitative estimate of drug-likeness (QED) is 0.513. The molecule has 1 heterocycles.